The van der Waals surface area contributed by atoms with Gasteiger partial charge in [0.05, 0.1) is 44.5 Å². The number of nitrogens with zero attached hydrogens (tertiary/aromatic N) is 4. The first-order valence-corrected chi connectivity index (χ1v) is 24.4. The van der Waals surface area contributed by atoms with E-state index in [9.17, 15) is 0 Å². The highest BCUT2D eigenvalue weighted by atomic mass is 15.0. The van der Waals surface area contributed by atoms with Gasteiger partial charge in [0, 0.05) is 60.5 Å². The summed E-state index contributed by atoms with van der Waals surface area (Å²) in [7, 11) is 0. The van der Waals surface area contributed by atoms with Gasteiger partial charge in [0.25, 0.3) is 0 Å². The SMILES string of the molecule is c1ccc2c(c1)cc(-c1cc(-c3cc(-n4c5ccccc5c5ccccc54)cc(-n4c5ccccc5c5ccccc54)c3)cc(-c3ccc(-n4c5ccccc5c5ccccc54)cc3)n1)c1ccccc12. The standard InChI is InChI=1S/C67H42N4/c1-2-18-50-44(17-1)39-59(52-20-4-3-19-51(50)52)61-41-46(40-60(68-61)43-33-35-47(36-34-43)69-62-27-11-5-21-53(62)54-22-6-12-28-63(54)69)45-37-48(70-64-29-13-7-23-55(64)56-24-8-14-30-65(56)70)42-49(38-45)71-66-31-15-9-25-57(66)58-26-10-16-32-67(58)71/h1-42H. The molecule has 0 amide bonds. The highest BCUT2D eigenvalue weighted by Gasteiger charge is 2.20. The van der Waals surface area contributed by atoms with Crippen LogP contribution in [0.4, 0.5) is 0 Å². The lowest BCUT2D eigenvalue weighted by Gasteiger charge is -2.17. The van der Waals surface area contributed by atoms with E-state index in [2.05, 4.69) is 268 Å². The van der Waals surface area contributed by atoms with Crippen molar-refractivity contribution in [2.24, 2.45) is 0 Å². The molecule has 0 aliphatic carbocycles. The lowest BCUT2D eigenvalue weighted by molar-refractivity contribution is 1.13. The Morgan fingerprint density at radius 3 is 1.04 bits per heavy atom. The highest BCUT2D eigenvalue weighted by molar-refractivity contribution is 6.15. The Morgan fingerprint density at radius 1 is 0.225 bits per heavy atom. The summed E-state index contributed by atoms with van der Waals surface area (Å²) < 4.78 is 7.26. The molecule has 0 N–H and O–H groups in total. The average molecular weight is 903 g/mol. The Bertz CT molecular complexity index is 4350. The van der Waals surface area contributed by atoms with Gasteiger partial charge in [-0.15, -0.1) is 0 Å². The lowest BCUT2D eigenvalue weighted by Crippen LogP contribution is -2.00. The van der Waals surface area contributed by atoms with Gasteiger partial charge in [-0.2, -0.15) is 0 Å². The number of aromatic nitrogens is 4. The van der Waals surface area contributed by atoms with Gasteiger partial charge in [-0.25, -0.2) is 4.98 Å². The molecule has 15 aromatic rings. The fourth-order valence-corrected chi connectivity index (χ4v) is 11.7. The van der Waals surface area contributed by atoms with Crippen LogP contribution in [0, 0.1) is 0 Å². The van der Waals surface area contributed by atoms with Crippen LogP contribution in [-0.2, 0) is 0 Å². The van der Waals surface area contributed by atoms with Crippen LogP contribution in [0.2, 0.25) is 0 Å². The van der Waals surface area contributed by atoms with Crippen LogP contribution in [0.25, 0.3) is 138 Å². The van der Waals surface area contributed by atoms with Crippen molar-refractivity contribution in [1.82, 2.24) is 18.7 Å². The predicted octanol–water partition coefficient (Wildman–Crippen LogP) is 17.7. The summed E-state index contributed by atoms with van der Waals surface area (Å²) in [6, 6.07) is 93.1. The van der Waals surface area contributed by atoms with Gasteiger partial charge in [-0.05, 0) is 118 Å². The molecule has 0 bridgehead atoms. The highest BCUT2D eigenvalue weighted by Crippen LogP contribution is 2.42. The van der Waals surface area contributed by atoms with Crippen LogP contribution < -0.4 is 0 Å². The average Bonchev–Trinajstić information content (AvgIpc) is 4.09. The molecule has 0 aliphatic rings. The van der Waals surface area contributed by atoms with E-state index in [0.29, 0.717) is 0 Å². The summed E-state index contributed by atoms with van der Waals surface area (Å²) in [4.78, 5) is 5.64. The maximum Gasteiger partial charge on any atom is 0.0722 e. The first kappa shape index (κ1) is 39.5. The van der Waals surface area contributed by atoms with Gasteiger partial charge < -0.3 is 13.7 Å². The number of benzene rings is 11. The van der Waals surface area contributed by atoms with Crippen molar-refractivity contribution in [2.45, 2.75) is 0 Å². The molecule has 330 valence electrons. The van der Waals surface area contributed by atoms with Gasteiger partial charge >= 0.3 is 0 Å². The van der Waals surface area contributed by atoms with Crippen molar-refractivity contribution >= 4 is 87.0 Å². The number of fused-ring (bicyclic) bond motifs is 12. The number of para-hydroxylation sites is 6. The number of pyridine rings is 1. The zero-order chi connectivity index (χ0) is 46.6. The van der Waals surface area contributed by atoms with E-state index >= 15 is 0 Å². The zero-order valence-electron chi connectivity index (χ0n) is 38.5. The monoisotopic (exact) mass is 902 g/mol. The van der Waals surface area contributed by atoms with Crippen molar-refractivity contribution in [3.05, 3.63) is 255 Å². The van der Waals surface area contributed by atoms with Crippen molar-refractivity contribution < 1.29 is 0 Å². The molecule has 0 spiro atoms. The smallest absolute Gasteiger partial charge is 0.0722 e. The molecule has 0 aliphatic heterocycles. The molecule has 4 heteroatoms. The van der Waals surface area contributed by atoms with Gasteiger partial charge in [0.15, 0.2) is 0 Å². The normalized spacial score (nSPS) is 11.9. The summed E-state index contributed by atoms with van der Waals surface area (Å²) in [6.45, 7) is 0. The van der Waals surface area contributed by atoms with Crippen molar-refractivity contribution in [3.8, 4) is 50.7 Å². The fraction of sp³-hybridized carbons (Fsp3) is 0. The molecule has 0 unspecified atom stereocenters. The third-order valence-electron chi connectivity index (χ3n) is 14.8. The summed E-state index contributed by atoms with van der Waals surface area (Å²) in [5.41, 5.74) is 16.5. The van der Waals surface area contributed by atoms with Gasteiger partial charge in [0.2, 0.25) is 0 Å². The molecule has 0 atom stereocenters. The molecule has 4 heterocycles. The number of rotatable bonds is 6. The molecule has 15 rings (SSSR count). The molecule has 0 radical (unpaired) electrons. The quantitative estimate of drug-likeness (QED) is 0.153. The zero-order valence-corrected chi connectivity index (χ0v) is 38.5. The summed E-state index contributed by atoms with van der Waals surface area (Å²) in [5, 5.41) is 12.2. The Morgan fingerprint density at radius 2 is 0.577 bits per heavy atom. The Hall–Kier alpha value is -9.51. The predicted molar refractivity (Wildman–Crippen MR) is 299 cm³/mol. The van der Waals surface area contributed by atoms with Crippen molar-refractivity contribution in [2.75, 3.05) is 0 Å². The number of hydrogen-bond donors (Lipinski definition) is 0. The van der Waals surface area contributed by atoms with Gasteiger partial charge in [0.1, 0.15) is 0 Å². The molecule has 0 saturated heterocycles. The Kier molecular flexibility index (Phi) is 8.62. The van der Waals surface area contributed by atoms with E-state index < -0.39 is 0 Å². The minimum atomic E-state index is 0.907. The molecular formula is C67H42N4. The second kappa shape index (κ2) is 15.5. The summed E-state index contributed by atoms with van der Waals surface area (Å²) in [6.07, 6.45) is 0. The first-order valence-electron chi connectivity index (χ1n) is 24.4. The maximum atomic E-state index is 5.64. The van der Waals surface area contributed by atoms with E-state index in [-0.39, 0.29) is 0 Å². The largest absolute Gasteiger partial charge is 0.309 e. The molecule has 71 heavy (non-hydrogen) atoms. The van der Waals surface area contributed by atoms with E-state index in [1.807, 2.05) is 0 Å². The molecule has 4 aromatic heterocycles. The van der Waals surface area contributed by atoms with E-state index in [4.69, 9.17) is 4.98 Å². The van der Waals surface area contributed by atoms with Gasteiger partial charge in [-0.3, -0.25) is 0 Å². The van der Waals surface area contributed by atoms with Gasteiger partial charge in [-0.1, -0.05) is 170 Å². The topological polar surface area (TPSA) is 27.7 Å². The minimum Gasteiger partial charge on any atom is -0.309 e. The minimum absolute atomic E-state index is 0.907. The van der Waals surface area contributed by atoms with Crippen LogP contribution in [-0.4, -0.2) is 18.7 Å². The van der Waals surface area contributed by atoms with Crippen LogP contribution in [0.15, 0.2) is 255 Å². The molecular weight excluding hydrogens is 861 g/mol. The second-order valence-corrected chi connectivity index (χ2v) is 18.7. The molecule has 0 fully saturated rings. The summed E-state index contributed by atoms with van der Waals surface area (Å²) >= 11 is 0. The molecule has 4 nitrogen and oxygen atoms in total. The molecule has 0 saturated carbocycles. The maximum absolute atomic E-state index is 5.64. The van der Waals surface area contributed by atoms with Crippen LogP contribution in [0.1, 0.15) is 0 Å². The Balaban J connectivity index is 1.01. The first-order chi connectivity index (χ1) is 35.2. The summed E-state index contributed by atoms with van der Waals surface area (Å²) in [5.74, 6) is 0. The lowest BCUT2D eigenvalue weighted by atomic mass is 9.93. The van der Waals surface area contributed by atoms with Crippen LogP contribution >= 0.6 is 0 Å². The second-order valence-electron chi connectivity index (χ2n) is 18.7. The van der Waals surface area contributed by atoms with Crippen LogP contribution in [0.3, 0.4) is 0 Å². The van der Waals surface area contributed by atoms with E-state index in [1.165, 1.54) is 87.0 Å². The third kappa shape index (κ3) is 6.08. The number of hydrogen-bond acceptors (Lipinski definition) is 1. The van der Waals surface area contributed by atoms with Crippen LogP contribution in [0.5, 0.6) is 0 Å². The molecule has 11 aromatic carbocycles. The fourth-order valence-electron chi connectivity index (χ4n) is 11.7. The van der Waals surface area contributed by atoms with E-state index in [0.717, 1.165) is 50.7 Å². The Labute approximate surface area is 409 Å². The van der Waals surface area contributed by atoms with Crippen molar-refractivity contribution in [3.63, 3.8) is 0 Å². The van der Waals surface area contributed by atoms with Crippen molar-refractivity contribution in [1.29, 1.82) is 0 Å². The third-order valence-corrected chi connectivity index (χ3v) is 14.8. The van der Waals surface area contributed by atoms with E-state index in [1.54, 1.807) is 0 Å².